The van der Waals surface area contributed by atoms with Crippen molar-refractivity contribution < 1.29 is 154 Å². The van der Waals surface area contributed by atoms with Gasteiger partial charge < -0.3 is 120 Å². The van der Waals surface area contributed by atoms with Crippen LogP contribution in [0.3, 0.4) is 0 Å². The fraction of sp³-hybridized carbons (Fsp3) is 0.882. The van der Waals surface area contributed by atoms with E-state index >= 15 is 0 Å². The number of aliphatic hydroxyl groups excluding tert-OH is 8. The molecule has 0 aromatic rings. The summed E-state index contributed by atoms with van der Waals surface area (Å²) < 4.78 is 91.4. The number of ether oxygens (including phenoxy) is 10. The summed E-state index contributed by atoms with van der Waals surface area (Å²) in [6, 6.07) is -2.93. The van der Waals surface area contributed by atoms with Crippen LogP contribution in [-0.4, -0.2) is 293 Å². The molecule has 105 heavy (non-hydrogen) atoms. The maximum absolute atomic E-state index is 12.4. The number of hydrogen-bond acceptors (Lipinski definition) is 29. The van der Waals surface area contributed by atoms with Crippen LogP contribution in [-0.2, 0) is 100 Å². The predicted molar refractivity (Wildman–Crippen MR) is 365 cm³/mol. The van der Waals surface area contributed by atoms with Crippen LogP contribution in [0.15, 0.2) is 0 Å². The Bertz CT molecular complexity index is 2670. The zero-order chi connectivity index (χ0) is 77.4. The van der Waals surface area contributed by atoms with Gasteiger partial charge in [-0.3, -0.25) is 33.3 Å². The van der Waals surface area contributed by atoms with Gasteiger partial charge in [-0.05, 0) is 64.2 Å². The molecule has 36 nitrogen and oxygen atoms in total. The molecule has 4 saturated heterocycles. The zero-order valence-electron chi connectivity index (χ0n) is 60.6. The molecule has 4 amide bonds. The molecule has 608 valence electrons. The summed E-state index contributed by atoms with van der Waals surface area (Å²) in [4.78, 5) is 97.6. The molecule has 4 heterocycles. The quantitative estimate of drug-likeness (QED) is 0.0280. The van der Waals surface area contributed by atoms with E-state index in [1.165, 1.54) is 6.92 Å². The summed E-state index contributed by atoms with van der Waals surface area (Å²) >= 11 is 0. The highest BCUT2D eigenvalue weighted by atomic mass is 32.3. The maximum Gasteiger partial charge on any atom is 0.397 e. The summed E-state index contributed by atoms with van der Waals surface area (Å²) in [6.45, 7) is 5.49. The summed E-state index contributed by atoms with van der Waals surface area (Å²) in [5.41, 5.74) is 0. The van der Waals surface area contributed by atoms with Crippen LogP contribution in [0, 0.1) is 0 Å². The van der Waals surface area contributed by atoms with E-state index in [2.05, 4.69) is 25.5 Å². The van der Waals surface area contributed by atoms with Crippen LogP contribution in [0.5, 0.6) is 0 Å². The number of aliphatic hydroxyl groups is 8. The van der Waals surface area contributed by atoms with Gasteiger partial charge in [-0.15, -0.1) is 0 Å². The highest BCUT2D eigenvalue weighted by Crippen LogP contribution is 2.33. The number of ketones is 2. The lowest BCUT2D eigenvalue weighted by Gasteiger charge is -2.46. The summed E-state index contributed by atoms with van der Waals surface area (Å²) in [6.07, 6.45) is -11.6. The minimum absolute atomic E-state index is 0.00492. The molecule has 4 aliphatic rings. The van der Waals surface area contributed by atoms with Crippen LogP contribution in [0.4, 0.5) is 0 Å². The topological polar surface area (TPSA) is 543 Å². The number of amides is 4. The first-order valence-electron chi connectivity index (χ1n) is 37.0. The Balaban J connectivity index is 0.872. The summed E-state index contributed by atoms with van der Waals surface area (Å²) in [7, 11) is -5.03. The Hall–Kier alpha value is -4.69. The van der Waals surface area contributed by atoms with Gasteiger partial charge in [0.15, 0.2) is 37.4 Å². The first-order chi connectivity index (χ1) is 50.0. The zero-order valence-corrected chi connectivity index (χ0v) is 61.4. The van der Waals surface area contributed by atoms with Crippen molar-refractivity contribution in [2.45, 2.75) is 323 Å². The van der Waals surface area contributed by atoms with Crippen LogP contribution < -0.4 is 21.3 Å². The Kier molecular flexibility index (Phi) is 44.9. The van der Waals surface area contributed by atoms with Crippen molar-refractivity contribution in [1.29, 1.82) is 0 Å². The van der Waals surface area contributed by atoms with Crippen molar-refractivity contribution in [3.05, 3.63) is 0 Å². The number of hydrogen-bond donors (Lipinski definition) is 15. The number of carboxylic acids is 2. The molecule has 20 atom stereocenters. The molecule has 4 fully saturated rings. The van der Waals surface area contributed by atoms with E-state index in [0.717, 1.165) is 96.8 Å². The molecule has 0 aromatic carbocycles. The fourth-order valence-corrected chi connectivity index (χ4v) is 12.7. The largest absolute Gasteiger partial charge is 0.479 e. The smallest absolute Gasteiger partial charge is 0.397 e. The number of rotatable bonds is 56. The van der Waals surface area contributed by atoms with Gasteiger partial charge in [-0.25, -0.2) is 13.8 Å². The van der Waals surface area contributed by atoms with E-state index in [4.69, 9.17) is 51.9 Å². The molecule has 4 aliphatic heterocycles. The van der Waals surface area contributed by atoms with Crippen LogP contribution in [0.25, 0.3) is 0 Å². The Labute approximate surface area is 613 Å². The van der Waals surface area contributed by atoms with E-state index in [0.29, 0.717) is 123 Å². The summed E-state index contributed by atoms with van der Waals surface area (Å²) in [5.74, 6) is -4.30. The molecule has 15 N–H and O–H groups in total. The average Bonchev–Trinajstić information content (AvgIpc) is 0.785. The summed E-state index contributed by atoms with van der Waals surface area (Å²) in [5, 5.41) is 116. The minimum Gasteiger partial charge on any atom is -0.479 e. The van der Waals surface area contributed by atoms with Crippen LogP contribution >= 0.6 is 0 Å². The number of aliphatic carboxylic acids is 2. The lowest BCUT2D eigenvalue weighted by atomic mass is 9.94. The Morgan fingerprint density at radius 3 is 1.13 bits per heavy atom. The molecule has 0 spiro atoms. The van der Waals surface area contributed by atoms with Gasteiger partial charge in [0, 0.05) is 91.9 Å². The van der Waals surface area contributed by atoms with Crippen LogP contribution in [0.2, 0.25) is 0 Å². The second-order valence-electron chi connectivity index (χ2n) is 27.0. The van der Waals surface area contributed by atoms with E-state index < -0.39 is 163 Å². The average molecular weight is 1540 g/mol. The van der Waals surface area contributed by atoms with Crippen molar-refractivity contribution in [2.24, 2.45) is 0 Å². The number of unbranched alkanes of at least 4 members (excludes halogenated alkanes) is 16. The van der Waals surface area contributed by atoms with Crippen molar-refractivity contribution in [1.82, 2.24) is 21.3 Å². The lowest BCUT2D eigenvalue weighted by molar-refractivity contribution is -0.340. The molecule has 0 aromatic heterocycles. The minimum atomic E-state index is -5.03. The second-order valence-corrected chi connectivity index (χ2v) is 28.1. The van der Waals surface area contributed by atoms with Crippen molar-refractivity contribution >= 4 is 57.5 Å². The third-order valence-corrected chi connectivity index (χ3v) is 18.7. The highest BCUT2D eigenvalue weighted by molar-refractivity contribution is 7.80. The third kappa shape index (κ3) is 35.3. The van der Waals surface area contributed by atoms with Gasteiger partial charge in [0.05, 0.1) is 25.9 Å². The van der Waals surface area contributed by atoms with Gasteiger partial charge in [-0.2, -0.15) is 8.42 Å². The van der Waals surface area contributed by atoms with Crippen molar-refractivity contribution in [3.8, 4) is 0 Å². The Morgan fingerprint density at radius 2 is 0.752 bits per heavy atom. The van der Waals surface area contributed by atoms with E-state index in [1.54, 1.807) is 6.92 Å². The highest BCUT2D eigenvalue weighted by Gasteiger charge is 2.55. The van der Waals surface area contributed by atoms with E-state index in [1.807, 2.05) is 0 Å². The molecule has 0 radical (unpaired) electrons. The van der Waals surface area contributed by atoms with Gasteiger partial charge >= 0.3 is 22.3 Å². The van der Waals surface area contributed by atoms with Gasteiger partial charge in [0.2, 0.25) is 23.6 Å². The van der Waals surface area contributed by atoms with Gasteiger partial charge in [0.25, 0.3) is 0 Å². The standard InChI is InChI=1S/C68H118N4O32S/c1-4-45-51(79)53(81)49(71-41(2)73)65(99-45)101-59-55(83)57(85)67(103-61(59)63(87)88)96-36-23-15-13-21-32-69-47(77)28-19-11-7-5-9-17-26-43(75)30-38-94-34-25-35-95-39-31-44(76)27-18-10-6-8-12-20-29-48(78)70-33-22-14-16-24-37-97-68-58(86)56(84)60(62(104-68)64(89)90)102-66-50(72-42(3)74)54(82)52(80)46(100-66)40-98-105(91,92)93/h45-46,49-62,65-68,79-86H,4-40H2,1-3H3,(H,69,77)(H,70,78)(H,71,73)(H,72,74)(H,87,88)(H,89,90)(H,91,92,93). The van der Waals surface area contributed by atoms with E-state index in [9.17, 15) is 97.8 Å². The second kappa shape index (κ2) is 50.9. The SMILES string of the molecule is CCC1OC(OC2C(C(=O)O)OC(OCCCCCCNC(=O)CCCCCCCCC(=O)CCOCCCOCCC(=O)CCCCCCCCC(=O)NCCCCCCOC3OC(C(=O)O)C(OC4OC(COS(=O)(=O)O)C(O)C(O)C4NC(C)=O)C(O)C3O)C(O)C2O)C(NC(C)=O)C(O)C1O. The number of carboxylic acid groups (broad SMARTS) is 2. The normalized spacial score (nSPS) is 29.2. The maximum atomic E-state index is 12.4. The first kappa shape index (κ1) is 92.7. The van der Waals surface area contributed by atoms with Crippen molar-refractivity contribution in [2.75, 3.05) is 59.3 Å². The molecular weight excluding hydrogens is 1420 g/mol. The molecule has 0 bridgehead atoms. The van der Waals surface area contributed by atoms with Crippen molar-refractivity contribution in [3.63, 3.8) is 0 Å². The van der Waals surface area contributed by atoms with Crippen LogP contribution in [0.1, 0.15) is 201 Å². The van der Waals surface area contributed by atoms with E-state index in [-0.39, 0.29) is 43.0 Å². The Morgan fingerprint density at radius 1 is 0.390 bits per heavy atom. The number of Topliss-reactive ketones (excluding diaryl/α,β-unsaturated/α-hetero) is 2. The fourth-order valence-electron chi connectivity index (χ4n) is 12.4. The molecule has 0 aliphatic carbocycles. The van der Waals surface area contributed by atoms with Gasteiger partial charge in [-0.1, -0.05) is 84.0 Å². The number of carbonyl (C=O) groups is 8. The molecule has 37 heteroatoms. The number of carbonyl (C=O) groups excluding carboxylic acids is 6. The monoisotopic (exact) mass is 1530 g/mol. The van der Waals surface area contributed by atoms with Gasteiger partial charge in [0.1, 0.15) is 90.8 Å². The third-order valence-electron chi connectivity index (χ3n) is 18.3. The predicted octanol–water partition coefficient (Wildman–Crippen LogP) is -0.0787. The number of nitrogens with one attached hydrogen (secondary N) is 4. The molecule has 20 unspecified atom stereocenters. The molecular formula is C68H118N4O32S. The molecule has 4 rings (SSSR count). The first-order valence-corrected chi connectivity index (χ1v) is 38.4. The lowest BCUT2D eigenvalue weighted by Crippen LogP contribution is -2.68. The molecule has 0 saturated carbocycles.